The minimum atomic E-state index is -1.63. The molecule has 20 heavy (non-hydrogen) atoms. The van der Waals surface area contributed by atoms with Crippen molar-refractivity contribution in [2.45, 2.75) is 26.4 Å². The van der Waals surface area contributed by atoms with Gasteiger partial charge in [0.25, 0.3) is 5.69 Å². The maximum Gasteiger partial charge on any atom is 0.349 e. The number of rotatable bonds is 5. The van der Waals surface area contributed by atoms with Crippen molar-refractivity contribution in [3.63, 3.8) is 0 Å². The number of esters is 1. The highest BCUT2D eigenvalue weighted by molar-refractivity contribution is 5.79. The van der Waals surface area contributed by atoms with Crippen molar-refractivity contribution >= 4 is 11.7 Å². The zero-order chi connectivity index (χ0) is 15.5. The Balaban J connectivity index is 3.10. The van der Waals surface area contributed by atoms with Crippen LogP contribution in [-0.2, 0) is 9.53 Å². The van der Waals surface area contributed by atoms with Crippen LogP contribution in [0.15, 0.2) is 12.1 Å². The van der Waals surface area contributed by atoms with Crippen LogP contribution < -0.4 is 4.74 Å². The molecule has 0 atom stereocenters. The van der Waals surface area contributed by atoms with Gasteiger partial charge in [-0.2, -0.15) is 0 Å². The van der Waals surface area contributed by atoms with Crippen LogP contribution in [0.5, 0.6) is 5.75 Å². The standard InChI is InChI=1S/C12H13F2NO5/c1-4-19-11(16)12(2,3)20-10-8(13)5-7(15(17)18)6-9(10)14/h5-6H,4H2,1-3H3. The van der Waals surface area contributed by atoms with Gasteiger partial charge in [0.2, 0.25) is 0 Å². The number of nitro benzene ring substituents is 1. The Bertz CT molecular complexity index is 522. The molecule has 1 aromatic rings. The zero-order valence-electron chi connectivity index (χ0n) is 11.1. The second kappa shape index (κ2) is 5.81. The average Bonchev–Trinajstić information content (AvgIpc) is 2.33. The molecule has 0 amide bonds. The second-order valence-corrected chi connectivity index (χ2v) is 4.33. The van der Waals surface area contributed by atoms with E-state index in [2.05, 4.69) is 0 Å². The molecule has 110 valence electrons. The fourth-order valence-corrected chi connectivity index (χ4v) is 1.35. The van der Waals surface area contributed by atoms with E-state index in [4.69, 9.17) is 9.47 Å². The molecule has 0 aliphatic carbocycles. The molecule has 0 spiro atoms. The minimum absolute atomic E-state index is 0.0802. The van der Waals surface area contributed by atoms with Crippen molar-refractivity contribution < 1.29 is 28.0 Å². The number of halogens is 2. The number of non-ortho nitro benzene ring substituents is 1. The van der Waals surface area contributed by atoms with Gasteiger partial charge in [-0.05, 0) is 20.8 Å². The number of nitrogens with zero attached hydrogens (tertiary/aromatic N) is 1. The van der Waals surface area contributed by atoms with E-state index >= 15 is 0 Å². The molecular formula is C12H13F2NO5. The first-order valence-corrected chi connectivity index (χ1v) is 5.68. The predicted octanol–water partition coefficient (Wildman–Crippen LogP) is 2.59. The molecule has 0 fully saturated rings. The van der Waals surface area contributed by atoms with Gasteiger partial charge in [-0.15, -0.1) is 0 Å². The molecule has 0 aliphatic heterocycles. The summed E-state index contributed by atoms with van der Waals surface area (Å²) in [7, 11) is 0. The third kappa shape index (κ3) is 3.40. The summed E-state index contributed by atoms with van der Waals surface area (Å²) in [5.74, 6) is -4.21. The van der Waals surface area contributed by atoms with Crippen molar-refractivity contribution in [1.82, 2.24) is 0 Å². The molecule has 0 aliphatic rings. The number of carbonyl (C=O) groups is 1. The Labute approximate surface area is 113 Å². The van der Waals surface area contributed by atoms with E-state index in [9.17, 15) is 23.7 Å². The summed E-state index contributed by atoms with van der Waals surface area (Å²) in [6.07, 6.45) is 0. The zero-order valence-corrected chi connectivity index (χ0v) is 11.1. The van der Waals surface area contributed by atoms with Crippen molar-refractivity contribution in [2.75, 3.05) is 6.61 Å². The molecule has 0 N–H and O–H groups in total. The molecule has 0 saturated heterocycles. The van der Waals surface area contributed by atoms with Gasteiger partial charge in [-0.25, -0.2) is 13.6 Å². The maximum atomic E-state index is 13.6. The van der Waals surface area contributed by atoms with E-state index in [0.29, 0.717) is 12.1 Å². The van der Waals surface area contributed by atoms with Gasteiger partial charge < -0.3 is 9.47 Å². The summed E-state index contributed by atoms with van der Waals surface area (Å²) in [6.45, 7) is 4.19. The van der Waals surface area contributed by atoms with Crippen molar-refractivity contribution in [3.8, 4) is 5.75 Å². The lowest BCUT2D eigenvalue weighted by atomic mass is 10.1. The Hall–Kier alpha value is -2.25. The molecule has 0 bridgehead atoms. The largest absolute Gasteiger partial charge is 0.470 e. The van der Waals surface area contributed by atoms with E-state index in [-0.39, 0.29) is 6.61 Å². The lowest BCUT2D eigenvalue weighted by Gasteiger charge is -2.24. The fourth-order valence-electron chi connectivity index (χ4n) is 1.35. The molecule has 0 heterocycles. The number of carbonyl (C=O) groups excluding carboxylic acids is 1. The fraction of sp³-hybridized carbons (Fsp3) is 0.417. The topological polar surface area (TPSA) is 78.7 Å². The average molecular weight is 289 g/mol. The highest BCUT2D eigenvalue weighted by Crippen LogP contribution is 2.30. The van der Waals surface area contributed by atoms with E-state index < -0.39 is 39.6 Å². The summed E-state index contributed by atoms with van der Waals surface area (Å²) in [5.41, 5.74) is -2.38. The summed E-state index contributed by atoms with van der Waals surface area (Å²) in [5, 5.41) is 10.5. The van der Waals surface area contributed by atoms with Gasteiger partial charge in [0.1, 0.15) is 0 Å². The Morgan fingerprint density at radius 3 is 2.25 bits per heavy atom. The predicted molar refractivity (Wildman–Crippen MR) is 64.4 cm³/mol. The first-order valence-electron chi connectivity index (χ1n) is 5.68. The van der Waals surface area contributed by atoms with Gasteiger partial charge in [0.15, 0.2) is 23.0 Å². The Morgan fingerprint density at radius 1 is 1.35 bits per heavy atom. The molecule has 0 aromatic heterocycles. The van der Waals surface area contributed by atoms with Crippen LogP contribution in [0.4, 0.5) is 14.5 Å². The van der Waals surface area contributed by atoms with Crippen molar-refractivity contribution in [2.24, 2.45) is 0 Å². The maximum absolute atomic E-state index is 13.6. The van der Waals surface area contributed by atoms with Crippen LogP contribution in [0.25, 0.3) is 0 Å². The number of hydrogen-bond acceptors (Lipinski definition) is 5. The Kier molecular flexibility index (Phi) is 4.59. The molecular weight excluding hydrogens is 276 g/mol. The van der Waals surface area contributed by atoms with Gasteiger partial charge in [0.05, 0.1) is 23.7 Å². The van der Waals surface area contributed by atoms with E-state index in [0.717, 1.165) is 0 Å². The molecule has 0 radical (unpaired) electrons. The third-order valence-electron chi connectivity index (χ3n) is 2.32. The molecule has 6 nitrogen and oxygen atoms in total. The molecule has 1 aromatic carbocycles. The number of benzene rings is 1. The molecule has 8 heteroatoms. The number of hydrogen-bond donors (Lipinski definition) is 0. The van der Waals surface area contributed by atoms with Crippen LogP contribution in [0.3, 0.4) is 0 Å². The van der Waals surface area contributed by atoms with Gasteiger partial charge in [-0.1, -0.05) is 0 Å². The summed E-state index contributed by atoms with van der Waals surface area (Å²) in [6, 6.07) is 1.03. The summed E-state index contributed by atoms with van der Waals surface area (Å²) < 4.78 is 36.9. The first kappa shape index (κ1) is 15.8. The van der Waals surface area contributed by atoms with Gasteiger partial charge in [0, 0.05) is 0 Å². The number of nitro groups is 1. The summed E-state index contributed by atoms with van der Waals surface area (Å²) in [4.78, 5) is 21.1. The lowest BCUT2D eigenvalue weighted by molar-refractivity contribution is -0.385. The first-order chi connectivity index (χ1) is 9.19. The van der Waals surface area contributed by atoms with Crippen LogP contribution in [0.1, 0.15) is 20.8 Å². The lowest BCUT2D eigenvalue weighted by Crippen LogP contribution is -2.40. The van der Waals surface area contributed by atoms with E-state index in [1.54, 1.807) is 6.92 Å². The Morgan fingerprint density at radius 2 is 1.85 bits per heavy atom. The highest BCUT2D eigenvalue weighted by Gasteiger charge is 2.34. The second-order valence-electron chi connectivity index (χ2n) is 4.33. The van der Waals surface area contributed by atoms with E-state index in [1.807, 2.05) is 0 Å². The third-order valence-corrected chi connectivity index (χ3v) is 2.32. The van der Waals surface area contributed by atoms with E-state index in [1.165, 1.54) is 13.8 Å². The van der Waals surface area contributed by atoms with Gasteiger partial charge >= 0.3 is 5.97 Å². The number of ether oxygens (including phenoxy) is 2. The van der Waals surface area contributed by atoms with Gasteiger partial charge in [-0.3, -0.25) is 10.1 Å². The van der Waals surface area contributed by atoms with Crippen LogP contribution in [-0.4, -0.2) is 23.1 Å². The monoisotopic (exact) mass is 289 g/mol. The van der Waals surface area contributed by atoms with Crippen LogP contribution in [0.2, 0.25) is 0 Å². The molecule has 0 saturated carbocycles. The molecule has 0 unspecified atom stereocenters. The SMILES string of the molecule is CCOC(=O)C(C)(C)Oc1c(F)cc([N+](=O)[O-])cc1F. The quantitative estimate of drug-likeness (QED) is 0.473. The highest BCUT2D eigenvalue weighted by atomic mass is 19.1. The van der Waals surface area contributed by atoms with Crippen LogP contribution >= 0.6 is 0 Å². The van der Waals surface area contributed by atoms with Crippen molar-refractivity contribution in [1.29, 1.82) is 0 Å². The normalized spacial score (nSPS) is 11.1. The van der Waals surface area contributed by atoms with Crippen LogP contribution in [0, 0.1) is 21.7 Å². The summed E-state index contributed by atoms with van der Waals surface area (Å²) >= 11 is 0. The molecule has 1 rings (SSSR count). The van der Waals surface area contributed by atoms with Crippen molar-refractivity contribution in [3.05, 3.63) is 33.9 Å². The minimum Gasteiger partial charge on any atom is -0.470 e. The smallest absolute Gasteiger partial charge is 0.349 e.